The first kappa shape index (κ1) is 14.8. The summed E-state index contributed by atoms with van der Waals surface area (Å²) in [7, 11) is 0. The predicted molar refractivity (Wildman–Crippen MR) is 84.9 cm³/mol. The van der Waals surface area contributed by atoms with E-state index in [4.69, 9.17) is 9.15 Å². The summed E-state index contributed by atoms with van der Waals surface area (Å²) in [6.07, 6.45) is 1.19. The molecule has 4 nitrogen and oxygen atoms in total. The molecule has 4 heteroatoms. The van der Waals surface area contributed by atoms with Gasteiger partial charge in [-0.15, -0.1) is 0 Å². The molecule has 0 aliphatic rings. The first-order chi connectivity index (χ1) is 11.2. The standard InChI is InChI=1S/C19H14O4/c20-17(13-18(21)19-7-4-12-22-19)14-8-10-16(11-9-14)23-15-5-2-1-3-6-15/h1-12H,13H2. The van der Waals surface area contributed by atoms with Gasteiger partial charge < -0.3 is 9.15 Å². The first-order valence-corrected chi connectivity index (χ1v) is 7.15. The smallest absolute Gasteiger partial charge is 0.205 e. The van der Waals surface area contributed by atoms with Gasteiger partial charge in [-0.1, -0.05) is 18.2 Å². The maximum atomic E-state index is 12.1. The van der Waals surface area contributed by atoms with E-state index in [-0.39, 0.29) is 23.7 Å². The Morgan fingerprint density at radius 1 is 0.783 bits per heavy atom. The number of carbonyl (C=O) groups is 2. The molecule has 0 amide bonds. The molecule has 0 radical (unpaired) electrons. The SMILES string of the molecule is O=C(CC(=O)c1ccco1)c1ccc(Oc2ccccc2)cc1. The van der Waals surface area contributed by atoms with Crippen molar-refractivity contribution in [3.63, 3.8) is 0 Å². The van der Waals surface area contributed by atoms with Crippen LogP contribution in [-0.4, -0.2) is 11.6 Å². The fraction of sp³-hybridized carbons (Fsp3) is 0.0526. The maximum Gasteiger partial charge on any atom is 0.205 e. The highest BCUT2D eigenvalue weighted by Crippen LogP contribution is 2.21. The summed E-state index contributed by atoms with van der Waals surface area (Å²) in [4.78, 5) is 24.0. The zero-order valence-electron chi connectivity index (χ0n) is 12.3. The van der Waals surface area contributed by atoms with E-state index in [9.17, 15) is 9.59 Å². The molecule has 23 heavy (non-hydrogen) atoms. The lowest BCUT2D eigenvalue weighted by atomic mass is 10.0. The third-order valence-electron chi connectivity index (χ3n) is 3.27. The molecule has 2 aromatic carbocycles. The Bertz CT molecular complexity index is 787. The van der Waals surface area contributed by atoms with E-state index in [2.05, 4.69) is 0 Å². The van der Waals surface area contributed by atoms with Crippen molar-refractivity contribution in [1.29, 1.82) is 0 Å². The Kier molecular flexibility index (Phi) is 4.34. The highest BCUT2D eigenvalue weighted by molar-refractivity contribution is 6.12. The molecule has 0 N–H and O–H groups in total. The van der Waals surface area contributed by atoms with Crippen molar-refractivity contribution in [2.45, 2.75) is 6.42 Å². The van der Waals surface area contributed by atoms with Crippen LogP contribution in [0.4, 0.5) is 0 Å². The van der Waals surface area contributed by atoms with Crippen molar-refractivity contribution in [3.8, 4) is 11.5 Å². The summed E-state index contributed by atoms with van der Waals surface area (Å²) in [5, 5.41) is 0. The average Bonchev–Trinajstić information content (AvgIpc) is 3.11. The van der Waals surface area contributed by atoms with Crippen molar-refractivity contribution in [2.75, 3.05) is 0 Å². The topological polar surface area (TPSA) is 56.5 Å². The van der Waals surface area contributed by atoms with Crippen molar-refractivity contribution < 1.29 is 18.7 Å². The number of rotatable bonds is 6. The third kappa shape index (κ3) is 3.74. The monoisotopic (exact) mass is 306 g/mol. The second kappa shape index (κ2) is 6.75. The third-order valence-corrected chi connectivity index (χ3v) is 3.27. The van der Waals surface area contributed by atoms with Crippen LogP contribution in [0.2, 0.25) is 0 Å². The summed E-state index contributed by atoms with van der Waals surface area (Å²) in [6.45, 7) is 0. The van der Waals surface area contributed by atoms with Crippen LogP contribution in [-0.2, 0) is 0 Å². The van der Waals surface area contributed by atoms with Crippen LogP contribution >= 0.6 is 0 Å². The molecule has 0 aliphatic carbocycles. The zero-order chi connectivity index (χ0) is 16.1. The number of para-hydroxylation sites is 1. The number of ether oxygens (including phenoxy) is 1. The van der Waals surface area contributed by atoms with Gasteiger partial charge in [0.2, 0.25) is 5.78 Å². The van der Waals surface area contributed by atoms with Crippen molar-refractivity contribution >= 4 is 11.6 Å². The van der Waals surface area contributed by atoms with Crippen molar-refractivity contribution in [3.05, 3.63) is 84.3 Å². The number of hydrogen-bond acceptors (Lipinski definition) is 4. The molecule has 0 unspecified atom stereocenters. The molecule has 0 bridgehead atoms. The minimum atomic E-state index is -0.329. The Hall–Kier alpha value is -3.14. The van der Waals surface area contributed by atoms with Crippen molar-refractivity contribution in [1.82, 2.24) is 0 Å². The number of ketones is 2. The van der Waals surface area contributed by atoms with Gasteiger partial charge in [0.15, 0.2) is 11.5 Å². The summed E-state index contributed by atoms with van der Waals surface area (Å²) in [5.74, 6) is 0.967. The summed E-state index contributed by atoms with van der Waals surface area (Å²) in [5.41, 5.74) is 0.463. The highest BCUT2D eigenvalue weighted by atomic mass is 16.5. The molecule has 0 atom stereocenters. The van der Waals surface area contributed by atoms with Gasteiger partial charge in [0.05, 0.1) is 12.7 Å². The molecule has 0 saturated heterocycles. The second-order valence-electron chi connectivity index (χ2n) is 4.94. The summed E-state index contributed by atoms with van der Waals surface area (Å²) < 4.78 is 10.7. The molecule has 1 heterocycles. The van der Waals surface area contributed by atoms with Gasteiger partial charge in [0.25, 0.3) is 0 Å². The largest absolute Gasteiger partial charge is 0.461 e. The average molecular weight is 306 g/mol. The molecule has 3 aromatic rings. The molecule has 114 valence electrons. The van der Waals surface area contributed by atoms with Crippen LogP contribution < -0.4 is 4.74 Å². The number of Topliss-reactive ketones (excluding diaryl/α,β-unsaturated/α-hetero) is 2. The molecule has 0 fully saturated rings. The predicted octanol–water partition coefficient (Wildman–Crippen LogP) is 4.53. The Morgan fingerprint density at radius 3 is 2.13 bits per heavy atom. The summed E-state index contributed by atoms with van der Waals surface area (Å²) in [6, 6.07) is 19.2. The van der Waals surface area contributed by atoms with Crippen LogP contribution in [0.3, 0.4) is 0 Å². The molecule has 0 aliphatic heterocycles. The van der Waals surface area contributed by atoms with Gasteiger partial charge in [0.1, 0.15) is 11.5 Å². The van der Waals surface area contributed by atoms with E-state index in [1.165, 1.54) is 6.26 Å². The van der Waals surface area contributed by atoms with E-state index in [0.29, 0.717) is 11.3 Å². The van der Waals surface area contributed by atoms with Gasteiger partial charge >= 0.3 is 0 Å². The van der Waals surface area contributed by atoms with Gasteiger partial charge in [-0.25, -0.2) is 0 Å². The Balaban J connectivity index is 1.65. The minimum absolute atomic E-state index is 0.197. The van der Waals surface area contributed by atoms with Crippen molar-refractivity contribution in [2.24, 2.45) is 0 Å². The van der Waals surface area contributed by atoms with Crippen LogP contribution in [0.5, 0.6) is 11.5 Å². The van der Waals surface area contributed by atoms with Gasteiger partial charge in [-0.05, 0) is 48.5 Å². The number of carbonyl (C=O) groups excluding carboxylic acids is 2. The fourth-order valence-electron chi connectivity index (χ4n) is 2.11. The first-order valence-electron chi connectivity index (χ1n) is 7.15. The lowest BCUT2D eigenvalue weighted by Crippen LogP contribution is -2.07. The maximum absolute atomic E-state index is 12.1. The van der Waals surface area contributed by atoms with E-state index < -0.39 is 0 Å². The normalized spacial score (nSPS) is 10.3. The number of benzene rings is 2. The minimum Gasteiger partial charge on any atom is -0.461 e. The second-order valence-corrected chi connectivity index (χ2v) is 4.94. The summed E-state index contributed by atoms with van der Waals surface area (Å²) >= 11 is 0. The number of furan rings is 1. The van der Waals surface area contributed by atoms with E-state index in [0.717, 1.165) is 5.75 Å². The van der Waals surface area contributed by atoms with Crippen LogP contribution in [0.1, 0.15) is 27.3 Å². The fourth-order valence-corrected chi connectivity index (χ4v) is 2.11. The zero-order valence-corrected chi connectivity index (χ0v) is 12.3. The molecular formula is C19H14O4. The lowest BCUT2D eigenvalue weighted by Gasteiger charge is -2.06. The van der Waals surface area contributed by atoms with Gasteiger partial charge in [0, 0.05) is 5.56 Å². The lowest BCUT2D eigenvalue weighted by molar-refractivity contribution is 0.0878. The Labute approximate surface area is 133 Å². The molecule has 0 saturated carbocycles. The molecular weight excluding hydrogens is 292 g/mol. The van der Waals surface area contributed by atoms with Crippen LogP contribution in [0.15, 0.2) is 77.4 Å². The highest BCUT2D eigenvalue weighted by Gasteiger charge is 2.15. The quantitative estimate of drug-likeness (QED) is 0.496. The molecule has 0 spiro atoms. The van der Waals surface area contributed by atoms with Crippen LogP contribution in [0.25, 0.3) is 0 Å². The Morgan fingerprint density at radius 2 is 1.48 bits per heavy atom. The van der Waals surface area contributed by atoms with Gasteiger partial charge in [-0.2, -0.15) is 0 Å². The number of hydrogen-bond donors (Lipinski definition) is 0. The van der Waals surface area contributed by atoms with E-state index in [1.54, 1.807) is 36.4 Å². The van der Waals surface area contributed by atoms with Gasteiger partial charge in [-0.3, -0.25) is 9.59 Å². The van der Waals surface area contributed by atoms with Crippen LogP contribution in [0, 0.1) is 0 Å². The molecule has 3 rings (SSSR count). The molecule has 1 aromatic heterocycles. The van der Waals surface area contributed by atoms with E-state index >= 15 is 0 Å². The van der Waals surface area contributed by atoms with E-state index in [1.807, 2.05) is 30.3 Å².